The molecule has 1 aliphatic rings. The van der Waals surface area contributed by atoms with Gasteiger partial charge in [0, 0.05) is 41.7 Å². The average Bonchev–Trinajstić information content (AvgIpc) is 3.65. The van der Waals surface area contributed by atoms with Crippen molar-refractivity contribution in [2.24, 2.45) is 0 Å². The molecule has 0 radical (unpaired) electrons. The first-order chi connectivity index (χ1) is 22.6. The Kier molecular flexibility index (Phi) is 10.9. The van der Waals surface area contributed by atoms with E-state index in [1.807, 2.05) is 12.1 Å². The second-order valence-corrected chi connectivity index (χ2v) is 12.8. The van der Waals surface area contributed by atoms with E-state index in [0.29, 0.717) is 41.8 Å². The molecule has 0 saturated carbocycles. The molecular formula is C34H41F2N7O3S. The number of ketones is 1. The number of carbonyl (C=O) groups excluding carboxylic acids is 1. The number of nitrogens with one attached hydrogen (secondary N) is 2. The molecule has 1 unspecified atom stereocenters. The lowest BCUT2D eigenvalue weighted by Gasteiger charge is -2.31. The van der Waals surface area contributed by atoms with Gasteiger partial charge in [0.1, 0.15) is 11.6 Å². The minimum Gasteiger partial charge on any atom is -0.433 e. The van der Waals surface area contributed by atoms with Crippen molar-refractivity contribution >= 4 is 45.8 Å². The third-order valence-corrected chi connectivity index (χ3v) is 8.88. The molecule has 3 aromatic heterocycles. The summed E-state index contributed by atoms with van der Waals surface area (Å²) in [6.45, 7) is 13.9. The van der Waals surface area contributed by atoms with E-state index in [2.05, 4.69) is 51.2 Å². The average molecular weight is 666 g/mol. The highest BCUT2D eigenvalue weighted by atomic mass is 32.2. The zero-order chi connectivity index (χ0) is 33.7. The van der Waals surface area contributed by atoms with Crippen molar-refractivity contribution in [3.63, 3.8) is 0 Å². The van der Waals surface area contributed by atoms with Crippen LogP contribution in [0, 0.1) is 6.92 Å². The van der Waals surface area contributed by atoms with E-state index in [4.69, 9.17) is 15.2 Å². The summed E-state index contributed by atoms with van der Waals surface area (Å²) in [5.41, 5.74) is 11.0. The van der Waals surface area contributed by atoms with Gasteiger partial charge in [-0.05, 0) is 55.5 Å². The summed E-state index contributed by atoms with van der Waals surface area (Å²) in [6, 6.07) is 7.48. The van der Waals surface area contributed by atoms with E-state index in [0.717, 1.165) is 48.2 Å². The molecule has 1 saturated heterocycles. The van der Waals surface area contributed by atoms with Crippen molar-refractivity contribution in [3.8, 4) is 11.6 Å². The van der Waals surface area contributed by atoms with Crippen LogP contribution in [0.2, 0.25) is 0 Å². The Morgan fingerprint density at radius 1 is 1.17 bits per heavy atom. The monoisotopic (exact) mass is 665 g/mol. The van der Waals surface area contributed by atoms with E-state index < -0.39 is 17.4 Å². The molecule has 0 spiro atoms. The van der Waals surface area contributed by atoms with Gasteiger partial charge in [-0.15, -0.1) is 0 Å². The van der Waals surface area contributed by atoms with Crippen molar-refractivity contribution in [3.05, 3.63) is 77.5 Å². The number of anilines is 3. The van der Waals surface area contributed by atoms with Crippen molar-refractivity contribution in [1.29, 1.82) is 0 Å². The number of hydrogen-bond acceptors (Lipinski definition) is 9. The van der Waals surface area contributed by atoms with E-state index in [-0.39, 0.29) is 29.5 Å². The lowest BCUT2D eigenvalue weighted by atomic mass is 10.1. The van der Waals surface area contributed by atoms with Crippen LogP contribution < -0.4 is 20.1 Å². The summed E-state index contributed by atoms with van der Waals surface area (Å²) in [4.78, 5) is 23.5. The SMILES string of the molecule is C=C(F)/C(Oc1cc(C)c(-n2ncc(C(=O)c3cc4cc(N5CCOCC5)c(NSC(C)CCC)cc4[nH]3)c2N)cn1)=C(/F)CCC. The molecule has 1 aliphatic heterocycles. The Labute approximate surface area is 277 Å². The van der Waals surface area contributed by atoms with Gasteiger partial charge < -0.3 is 29.8 Å². The maximum absolute atomic E-state index is 14.4. The standard InChI is InChI=1S/C34H41F2N7O3S/c1-6-8-21(4)47-41-27-17-26-23(16-29(27)42-10-12-45-13-11-42)15-28(40-26)32(44)24-18-39-43(34(24)37)30-19-38-31(14-20(30)3)46-33(22(5)35)25(36)9-7-2/h14-19,21,40-41H,5-13,37H2,1-4H3/b33-25-. The summed E-state index contributed by atoms with van der Waals surface area (Å²) in [5.74, 6) is -2.56. The van der Waals surface area contributed by atoms with Crippen molar-refractivity contribution in [1.82, 2.24) is 19.7 Å². The minimum absolute atomic E-state index is 0.0107. The first-order valence-electron chi connectivity index (χ1n) is 15.8. The number of nitrogen functional groups attached to an aromatic ring is 1. The lowest BCUT2D eigenvalue weighted by molar-refractivity contribution is 0.103. The number of carbonyl (C=O) groups is 1. The number of morpholine rings is 1. The first-order valence-corrected chi connectivity index (χ1v) is 16.7. The van der Waals surface area contributed by atoms with E-state index in [9.17, 15) is 13.6 Å². The van der Waals surface area contributed by atoms with Crippen LogP contribution in [-0.4, -0.2) is 57.1 Å². The van der Waals surface area contributed by atoms with E-state index in [1.54, 1.807) is 25.8 Å². The quantitative estimate of drug-likeness (QED) is 0.0536. The van der Waals surface area contributed by atoms with Crippen LogP contribution in [0.5, 0.6) is 5.88 Å². The number of ether oxygens (including phenoxy) is 2. The van der Waals surface area contributed by atoms with Crippen LogP contribution >= 0.6 is 11.9 Å². The van der Waals surface area contributed by atoms with Gasteiger partial charge in [0.25, 0.3) is 0 Å². The Balaban J connectivity index is 1.41. The largest absolute Gasteiger partial charge is 0.433 e. The Bertz CT molecular complexity index is 1800. The molecule has 4 heterocycles. The highest BCUT2D eigenvalue weighted by molar-refractivity contribution is 8.01. The second-order valence-electron chi connectivity index (χ2n) is 11.5. The van der Waals surface area contributed by atoms with Gasteiger partial charge in [0.15, 0.2) is 11.6 Å². The third-order valence-electron chi connectivity index (χ3n) is 7.90. The van der Waals surface area contributed by atoms with Crippen LogP contribution in [0.1, 0.15) is 68.1 Å². The van der Waals surface area contributed by atoms with Gasteiger partial charge in [-0.3, -0.25) is 4.79 Å². The number of hydrogen-bond donors (Lipinski definition) is 3. The fraction of sp³-hybridized carbons (Fsp3) is 0.382. The number of halogens is 2. The molecule has 10 nitrogen and oxygen atoms in total. The predicted molar refractivity (Wildman–Crippen MR) is 185 cm³/mol. The maximum Gasteiger partial charge on any atom is 0.219 e. The Hall–Kier alpha value is -4.36. The number of aromatic nitrogens is 4. The highest BCUT2D eigenvalue weighted by Gasteiger charge is 2.23. The zero-order valence-electron chi connectivity index (χ0n) is 27.2. The van der Waals surface area contributed by atoms with Gasteiger partial charge in [-0.1, -0.05) is 33.8 Å². The number of H-pyrrole nitrogens is 1. The van der Waals surface area contributed by atoms with E-state index >= 15 is 0 Å². The highest BCUT2D eigenvalue weighted by Crippen LogP contribution is 2.36. The van der Waals surface area contributed by atoms with Crippen LogP contribution in [0.25, 0.3) is 16.6 Å². The minimum atomic E-state index is -1.03. The first kappa shape index (κ1) is 34.0. The van der Waals surface area contributed by atoms with E-state index in [1.165, 1.54) is 23.1 Å². The van der Waals surface area contributed by atoms with Crippen LogP contribution in [0.4, 0.5) is 26.0 Å². The summed E-state index contributed by atoms with van der Waals surface area (Å²) < 4.78 is 44.2. The number of allylic oxidation sites excluding steroid dienone is 2. The zero-order valence-corrected chi connectivity index (χ0v) is 28.0. The normalized spacial score (nSPS) is 14.6. The fourth-order valence-corrected chi connectivity index (χ4v) is 6.28. The number of rotatable bonds is 14. The molecule has 1 fully saturated rings. The number of fused-ring (bicyclic) bond motifs is 1. The number of aromatic amines is 1. The van der Waals surface area contributed by atoms with Gasteiger partial charge in [-0.2, -0.15) is 5.10 Å². The molecule has 0 amide bonds. The Morgan fingerprint density at radius 2 is 1.94 bits per heavy atom. The molecule has 0 bridgehead atoms. The van der Waals surface area contributed by atoms with Crippen LogP contribution in [-0.2, 0) is 4.74 Å². The smallest absolute Gasteiger partial charge is 0.219 e. The molecule has 13 heteroatoms. The lowest BCUT2D eigenvalue weighted by Crippen LogP contribution is -2.36. The van der Waals surface area contributed by atoms with Crippen LogP contribution in [0.15, 0.2) is 60.7 Å². The van der Waals surface area contributed by atoms with Gasteiger partial charge in [0.05, 0.1) is 53.9 Å². The molecule has 1 atom stereocenters. The third kappa shape index (κ3) is 7.62. The van der Waals surface area contributed by atoms with Crippen molar-refractivity contribution < 1.29 is 23.0 Å². The van der Waals surface area contributed by atoms with Crippen molar-refractivity contribution in [2.45, 2.75) is 58.6 Å². The molecular weight excluding hydrogens is 624 g/mol. The summed E-state index contributed by atoms with van der Waals surface area (Å²) >= 11 is 1.69. The van der Waals surface area contributed by atoms with Crippen molar-refractivity contribution in [2.75, 3.05) is 41.7 Å². The summed E-state index contributed by atoms with van der Waals surface area (Å²) in [6.07, 6.45) is 5.53. The predicted octanol–water partition coefficient (Wildman–Crippen LogP) is 7.80. The Morgan fingerprint density at radius 3 is 2.62 bits per heavy atom. The van der Waals surface area contributed by atoms with Gasteiger partial charge in [0.2, 0.25) is 11.7 Å². The van der Waals surface area contributed by atoms with Crippen LogP contribution in [0.3, 0.4) is 0 Å². The van der Waals surface area contributed by atoms with Gasteiger partial charge >= 0.3 is 0 Å². The molecule has 4 aromatic rings. The number of benzene rings is 1. The molecule has 5 rings (SSSR count). The topological polar surface area (TPSA) is 123 Å². The second kappa shape index (κ2) is 15.0. The molecule has 250 valence electrons. The molecule has 4 N–H and O–H groups in total. The molecule has 0 aliphatic carbocycles. The maximum atomic E-state index is 14.4. The molecule has 1 aromatic carbocycles. The summed E-state index contributed by atoms with van der Waals surface area (Å²) in [5, 5.41) is 5.70. The number of nitrogens with two attached hydrogens (primary N) is 1. The molecule has 47 heavy (non-hydrogen) atoms. The number of nitrogens with zero attached hydrogens (tertiary/aromatic N) is 4. The number of aryl methyl sites for hydroxylation is 1. The van der Waals surface area contributed by atoms with Gasteiger partial charge in [-0.25, -0.2) is 18.4 Å². The number of pyridine rings is 1. The fourth-order valence-electron chi connectivity index (χ4n) is 5.43. The summed E-state index contributed by atoms with van der Waals surface area (Å²) in [7, 11) is 0.